The largest absolute Gasteiger partial charge is 0.422 e. The van der Waals surface area contributed by atoms with Crippen molar-refractivity contribution in [3.8, 4) is 0 Å². The van der Waals surface area contributed by atoms with Crippen LogP contribution in [0.1, 0.15) is 159 Å². The van der Waals surface area contributed by atoms with Gasteiger partial charge >= 0.3 is 12.4 Å². The predicted octanol–water partition coefficient (Wildman–Crippen LogP) is 6.37. The topological polar surface area (TPSA) is 271 Å². The van der Waals surface area contributed by atoms with Crippen LogP contribution in [-0.2, 0) is 87.5 Å². The lowest BCUT2D eigenvalue weighted by Crippen LogP contribution is -2.68. The highest BCUT2D eigenvalue weighted by molar-refractivity contribution is 6.01. The average molecular weight is 1560 g/mol. The molecule has 608 valence electrons. The smallest absolute Gasteiger partial charge is 0.377 e. The first-order chi connectivity index (χ1) is 51.8. The van der Waals surface area contributed by atoms with Gasteiger partial charge in [-0.15, -0.1) is 0 Å². The van der Waals surface area contributed by atoms with E-state index in [2.05, 4.69) is 10.6 Å². The molecule has 12 amide bonds. The molecule has 5 fully saturated rings. The summed E-state index contributed by atoms with van der Waals surface area (Å²) in [5.74, 6) is -14.7. The summed E-state index contributed by atoms with van der Waals surface area (Å²) in [6.07, 6.45) is -5.54. The van der Waals surface area contributed by atoms with Crippen LogP contribution >= 0.6 is 0 Å². The third-order valence-electron chi connectivity index (χ3n) is 23.1. The number of carbonyl (C=O) groups is 12. The molecule has 0 unspecified atom stereocenters. The van der Waals surface area contributed by atoms with Crippen molar-refractivity contribution in [3.05, 3.63) is 82.4 Å². The fourth-order valence-corrected chi connectivity index (χ4v) is 16.1. The number of amides is 12. The Labute approximate surface area is 637 Å². The second-order valence-electron chi connectivity index (χ2n) is 30.3. The maximum Gasteiger partial charge on any atom is 0.422 e. The number of alkyl halides is 6. The summed E-state index contributed by atoms with van der Waals surface area (Å²) in [7, 11) is 9.33. The molecular weight excluding hydrogens is 1450 g/mol. The number of carbonyl (C=O) groups excluding carboxylic acids is 12. The van der Waals surface area contributed by atoms with Gasteiger partial charge in [-0.25, -0.2) is 8.78 Å². The number of halogens is 8. The quantitative estimate of drug-likeness (QED) is 0.163. The zero-order chi connectivity index (χ0) is 81.2. The van der Waals surface area contributed by atoms with E-state index in [1.165, 1.54) is 61.9 Å². The molecule has 110 heavy (non-hydrogen) atoms. The first-order valence-corrected chi connectivity index (χ1v) is 38.1. The molecule has 8 rings (SSSR count). The molecule has 4 heterocycles. The number of ether oxygens (including phenoxy) is 1. The maximum absolute atomic E-state index is 15.8. The summed E-state index contributed by atoms with van der Waals surface area (Å²) < 4.78 is 120. The summed E-state index contributed by atoms with van der Waals surface area (Å²) in [5.41, 5.74) is -5.18. The molecule has 10 atom stereocenters. The molecule has 6 aliphatic rings. The zero-order valence-electron chi connectivity index (χ0n) is 64.7. The fraction of sp³-hybridized carbons (Fsp3) is 0.662. The Kier molecular flexibility index (Phi) is 29.2. The molecule has 2 N–H and O–H groups in total. The van der Waals surface area contributed by atoms with Gasteiger partial charge in [0.15, 0.2) is 0 Å². The van der Waals surface area contributed by atoms with Crippen molar-refractivity contribution in [3.63, 3.8) is 0 Å². The van der Waals surface area contributed by atoms with Gasteiger partial charge in [-0.05, 0) is 131 Å². The van der Waals surface area contributed by atoms with Crippen LogP contribution in [0.5, 0.6) is 0 Å². The van der Waals surface area contributed by atoms with Gasteiger partial charge < -0.3 is 64.4 Å². The Hall–Kier alpha value is -8.78. The molecule has 2 aromatic carbocycles. The summed E-state index contributed by atoms with van der Waals surface area (Å²) >= 11 is 0. The lowest BCUT2D eigenvalue weighted by Gasteiger charge is -2.51. The predicted molar refractivity (Wildman–Crippen MR) is 386 cm³/mol. The third-order valence-corrected chi connectivity index (χ3v) is 23.1. The van der Waals surface area contributed by atoms with Crippen LogP contribution in [0.25, 0.3) is 0 Å². The number of nitrogens with one attached hydrogen (secondary N) is 2. The maximum atomic E-state index is 15.8. The molecule has 4 aliphatic heterocycles. The Morgan fingerprint density at radius 3 is 1.83 bits per heavy atom. The number of hydrogen-bond acceptors (Lipinski definition) is 13. The van der Waals surface area contributed by atoms with Crippen LogP contribution in [0.3, 0.4) is 0 Å². The van der Waals surface area contributed by atoms with E-state index < -0.39 is 222 Å². The molecule has 2 aliphatic carbocycles. The Bertz CT molecular complexity index is 3710. The minimum Gasteiger partial charge on any atom is -0.377 e. The number of fused-ring (bicyclic) bond motifs is 3. The number of hydrogen-bond donors (Lipinski definition) is 2. The highest BCUT2D eigenvalue weighted by atomic mass is 19.4. The summed E-state index contributed by atoms with van der Waals surface area (Å²) in [5, 5.41) is 5.41. The van der Waals surface area contributed by atoms with E-state index in [9.17, 15) is 50.3 Å². The zero-order valence-corrected chi connectivity index (χ0v) is 64.7. The van der Waals surface area contributed by atoms with Gasteiger partial charge in [0.05, 0.1) is 31.2 Å². The molecular formula is C77H106F8N12O13. The van der Waals surface area contributed by atoms with Gasteiger partial charge in [0.1, 0.15) is 71.1 Å². The van der Waals surface area contributed by atoms with Gasteiger partial charge in [-0.1, -0.05) is 70.7 Å². The van der Waals surface area contributed by atoms with Crippen LogP contribution < -0.4 is 10.6 Å². The lowest BCUT2D eigenvalue weighted by molar-refractivity contribution is -0.166. The molecule has 1 spiro atoms. The number of benzene rings is 2. The van der Waals surface area contributed by atoms with Crippen molar-refractivity contribution < 1.29 is 97.4 Å². The lowest BCUT2D eigenvalue weighted by atomic mass is 9.73. The normalized spacial score (nSPS) is 26.6. The second-order valence-corrected chi connectivity index (χ2v) is 30.3. The molecule has 0 radical (unpaired) electrons. The highest BCUT2D eigenvalue weighted by Gasteiger charge is 2.57. The molecule has 25 nitrogen and oxygen atoms in total. The Balaban J connectivity index is 1.24. The first kappa shape index (κ1) is 86.8. The van der Waals surface area contributed by atoms with E-state index in [0.717, 1.165) is 55.8 Å². The van der Waals surface area contributed by atoms with E-state index in [0.29, 0.717) is 83.0 Å². The Morgan fingerprint density at radius 2 is 1.25 bits per heavy atom. The van der Waals surface area contributed by atoms with Crippen molar-refractivity contribution >= 4 is 70.9 Å². The van der Waals surface area contributed by atoms with Crippen LogP contribution in [-0.4, -0.2) is 275 Å². The minimum absolute atomic E-state index is 0.0624. The first-order valence-electron chi connectivity index (χ1n) is 38.1. The van der Waals surface area contributed by atoms with E-state index in [4.69, 9.17) is 4.74 Å². The molecule has 3 saturated heterocycles. The van der Waals surface area contributed by atoms with Gasteiger partial charge in [0, 0.05) is 95.0 Å². The molecule has 2 aromatic rings. The number of rotatable bonds is 13. The second kappa shape index (κ2) is 37.0. The van der Waals surface area contributed by atoms with E-state index in [-0.39, 0.29) is 63.8 Å². The van der Waals surface area contributed by atoms with Crippen molar-refractivity contribution in [2.24, 2.45) is 11.8 Å². The van der Waals surface area contributed by atoms with Crippen molar-refractivity contribution in [2.45, 2.75) is 222 Å². The van der Waals surface area contributed by atoms with Crippen molar-refractivity contribution in [1.82, 2.24) is 59.6 Å². The van der Waals surface area contributed by atoms with E-state index >= 15 is 42.3 Å². The van der Waals surface area contributed by atoms with Gasteiger partial charge in [0.25, 0.3) is 0 Å². The Morgan fingerprint density at radius 1 is 0.627 bits per heavy atom. The molecule has 2 bridgehead atoms. The molecule has 0 aromatic heterocycles. The van der Waals surface area contributed by atoms with Crippen molar-refractivity contribution in [2.75, 3.05) is 95.2 Å². The van der Waals surface area contributed by atoms with E-state index in [1.54, 1.807) is 44.7 Å². The summed E-state index contributed by atoms with van der Waals surface area (Å²) in [6.45, 7) is 5.39. The minimum atomic E-state index is -5.46. The van der Waals surface area contributed by atoms with Gasteiger partial charge in [-0.3, -0.25) is 57.5 Å². The number of likely N-dealkylation sites (tertiary alicyclic amines) is 1. The summed E-state index contributed by atoms with van der Waals surface area (Å²) in [4.78, 5) is 194. The van der Waals surface area contributed by atoms with Crippen LogP contribution in [0.15, 0.2) is 48.6 Å². The van der Waals surface area contributed by atoms with Crippen LogP contribution in [0.4, 0.5) is 35.1 Å². The number of likely N-dealkylation sites (N-methyl/N-ethyl adjacent to an activating group) is 7. The molecule has 33 heteroatoms. The molecule has 2 saturated carbocycles. The number of aryl methyl sites for hydroxylation is 1. The fourth-order valence-electron chi connectivity index (χ4n) is 16.1. The van der Waals surface area contributed by atoms with Crippen LogP contribution in [0.2, 0.25) is 0 Å². The SMILES string of the molecule is CCC[C@H]1C(=O)N[C@@H]([C@@H](C)CC)C(=O)N(C)CC(=O)N(C)[C@H]2C/C=C\CCN(C2=O)[C@@H](Cc2ccc(C(F)(F)F)cc2)C(=O)N(C)CC(=O)N[C@@H](CCc2cc(F)c(C(F)(F)F)c(F)c2)C(=O)N2C[C@H](OCC)C[C@H]2C(=O)N(C)C2(CCC2)C(=O)N(C)[C@@H](C2CCCC2)C(=O)N(C)[C@H](C(=O)N2CCCC2)CC(=O)N1C. The standard InChI is InChI=1S/C77H106F8N12O13/c1-12-23-55-66(101)87-64(46(4)13-2)72(107)89(6)45-62(100)91(8)56-26-16-15-19-37-96(71(56)106)58(40-47-27-30-50(31-28-47)76(80,81)82)68(103)88(5)44-60(98)86-54(32-29-48-38-52(78)63(53(79)39-48)77(83,84)85)67(102)97-43-51(110-14-3)41-59(97)69(104)94(11)75(33-22-34-75)74(109)93(10)65(49-24-17-18-25-49)73(108)92(9)57(42-61(99)90(55)7)70(105)95-35-20-21-36-95/h15-16,27-28,30-31,38-39,46,49,51,54-59,64-65H,12-14,17-26,29,32-37,40-45H2,1-11H3,(H,86,98)(H,87,101)/b16-15-/t46-,51+,54-,55-,56-,57-,58-,59-,64-,65-/m0/s1. The van der Waals surface area contributed by atoms with Crippen molar-refractivity contribution in [1.29, 1.82) is 0 Å². The van der Waals surface area contributed by atoms with Gasteiger partial charge in [-0.2, -0.15) is 26.3 Å². The van der Waals surface area contributed by atoms with Gasteiger partial charge in [0.2, 0.25) is 70.9 Å². The highest BCUT2D eigenvalue weighted by Crippen LogP contribution is 2.43. The van der Waals surface area contributed by atoms with E-state index in [1.807, 2.05) is 0 Å². The van der Waals surface area contributed by atoms with Crippen LogP contribution in [0, 0.1) is 23.5 Å². The monoisotopic (exact) mass is 1560 g/mol. The third kappa shape index (κ3) is 19.7. The number of nitrogens with zero attached hydrogens (tertiary/aromatic N) is 10. The average Bonchev–Trinajstić information content (AvgIpc) is 1.10. The summed E-state index contributed by atoms with van der Waals surface area (Å²) in [6, 6.07) is -7.13.